The molecular formula is C15H16N2O3. The van der Waals surface area contributed by atoms with E-state index in [1.165, 1.54) is 0 Å². The summed E-state index contributed by atoms with van der Waals surface area (Å²) >= 11 is 0. The number of carbonyl (C=O) groups excluding carboxylic acids is 1. The molecule has 0 saturated carbocycles. The molecule has 0 saturated heterocycles. The van der Waals surface area contributed by atoms with Crippen molar-refractivity contribution in [1.82, 2.24) is 5.32 Å². The molecule has 0 aliphatic rings. The van der Waals surface area contributed by atoms with Crippen LogP contribution in [0.4, 0.5) is 10.5 Å². The number of amides is 2. The lowest BCUT2D eigenvalue weighted by Gasteiger charge is -2.11. The first kappa shape index (κ1) is 13.9. The van der Waals surface area contributed by atoms with E-state index in [4.69, 9.17) is 5.11 Å². The maximum Gasteiger partial charge on any atom is 0.319 e. The molecule has 0 aromatic heterocycles. The highest BCUT2D eigenvalue weighted by atomic mass is 16.4. The Labute approximate surface area is 116 Å². The normalized spacial score (nSPS) is 11.8. The molecule has 0 heterocycles. The second-order valence-electron chi connectivity index (χ2n) is 4.60. The highest BCUT2D eigenvalue weighted by Crippen LogP contribution is 2.22. The lowest BCUT2D eigenvalue weighted by atomic mass is 10.1. The molecule has 20 heavy (non-hydrogen) atoms. The second-order valence-corrected chi connectivity index (χ2v) is 4.60. The van der Waals surface area contributed by atoms with Crippen LogP contribution in [0, 0.1) is 5.92 Å². The Morgan fingerprint density at radius 1 is 1.15 bits per heavy atom. The van der Waals surface area contributed by atoms with Crippen molar-refractivity contribution in [2.75, 3.05) is 11.9 Å². The van der Waals surface area contributed by atoms with Crippen LogP contribution < -0.4 is 10.6 Å². The van der Waals surface area contributed by atoms with Gasteiger partial charge in [-0.1, -0.05) is 43.3 Å². The van der Waals surface area contributed by atoms with Crippen LogP contribution in [0.15, 0.2) is 42.5 Å². The molecule has 1 atom stereocenters. The summed E-state index contributed by atoms with van der Waals surface area (Å²) < 4.78 is 0. The smallest absolute Gasteiger partial charge is 0.319 e. The van der Waals surface area contributed by atoms with E-state index in [0.29, 0.717) is 5.69 Å². The highest BCUT2D eigenvalue weighted by Gasteiger charge is 2.12. The Kier molecular flexibility index (Phi) is 4.20. The number of nitrogens with one attached hydrogen (secondary N) is 2. The summed E-state index contributed by atoms with van der Waals surface area (Å²) in [5.74, 6) is -1.55. The second kappa shape index (κ2) is 6.06. The summed E-state index contributed by atoms with van der Waals surface area (Å²) in [6.45, 7) is 1.63. The average molecular weight is 272 g/mol. The maximum absolute atomic E-state index is 11.8. The van der Waals surface area contributed by atoms with Crippen molar-refractivity contribution in [3.63, 3.8) is 0 Å². The Hall–Kier alpha value is -2.56. The van der Waals surface area contributed by atoms with Gasteiger partial charge in [0.15, 0.2) is 0 Å². The number of anilines is 1. The van der Waals surface area contributed by atoms with Gasteiger partial charge in [0.1, 0.15) is 0 Å². The first-order valence-electron chi connectivity index (χ1n) is 6.33. The van der Waals surface area contributed by atoms with Crippen molar-refractivity contribution in [3.05, 3.63) is 42.5 Å². The summed E-state index contributed by atoms with van der Waals surface area (Å²) in [6, 6.07) is 12.9. The van der Waals surface area contributed by atoms with Gasteiger partial charge in [0.25, 0.3) is 0 Å². The number of carboxylic acid groups (broad SMARTS) is 1. The van der Waals surface area contributed by atoms with Gasteiger partial charge in [-0.25, -0.2) is 4.79 Å². The molecular weight excluding hydrogens is 256 g/mol. The average Bonchev–Trinajstić information content (AvgIpc) is 2.45. The monoisotopic (exact) mass is 272 g/mol. The van der Waals surface area contributed by atoms with Crippen LogP contribution in [0.1, 0.15) is 6.92 Å². The summed E-state index contributed by atoms with van der Waals surface area (Å²) in [7, 11) is 0. The van der Waals surface area contributed by atoms with Crippen molar-refractivity contribution >= 4 is 28.5 Å². The summed E-state index contributed by atoms with van der Waals surface area (Å²) in [4.78, 5) is 22.4. The Morgan fingerprint density at radius 3 is 2.60 bits per heavy atom. The number of hydrogen-bond donors (Lipinski definition) is 3. The van der Waals surface area contributed by atoms with Gasteiger partial charge in [-0.15, -0.1) is 0 Å². The molecule has 0 fully saturated rings. The first-order valence-corrected chi connectivity index (χ1v) is 6.33. The number of rotatable bonds is 4. The molecule has 0 aliphatic heterocycles. The number of hydrogen-bond acceptors (Lipinski definition) is 2. The highest BCUT2D eigenvalue weighted by molar-refractivity contribution is 6.01. The third kappa shape index (κ3) is 3.26. The quantitative estimate of drug-likeness (QED) is 0.800. The van der Waals surface area contributed by atoms with Crippen LogP contribution in [-0.2, 0) is 4.79 Å². The van der Waals surface area contributed by atoms with Crippen LogP contribution in [-0.4, -0.2) is 23.7 Å². The third-order valence-electron chi connectivity index (χ3n) is 3.03. The zero-order valence-corrected chi connectivity index (χ0v) is 11.1. The van der Waals surface area contributed by atoms with E-state index < -0.39 is 17.9 Å². The minimum atomic E-state index is -0.935. The van der Waals surface area contributed by atoms with Gasteiger partial charge < -0.3 is 15.7 Å². The zero-order valence-electron chi connectivity index (χ0n) is 11.1. The fourth-order valence-electron chi connectivity index (χ4n) is 1.83. The number of aliphatic carboxylic acids is 1. The fourth-order valence-corrected chi connectivity index (χ4v) is 1.83. The Morgan fingerprint density at radius 2 is 1.85 bits per heavy atom. The number of carboxylic acids is 1. The molecule has 0 bridgehead atoms. The predicted molar refractivity (Wildman–Crippen MR) is 77.8 cm³/mol. The lowest BCUT2D eigenvalue weighted by molar-refractivity contribution is -0.140. The molecule has 2 amide bonds. The number of fused-ring (bicyclic) bond motifs is 1. The molecule has 0 spiro atoms. The Bertz CT molecular complexity index is 635. The minimum Gasteiger partial charge on any atom is -0.481 e. The van der Waals surface area contributed by atoms with Crippen molar-refractivity contribution in [2.45, 2.75) is 6.92 Å². The zero-order chi connectivity index (χ0) is 14.5. The SMILES string of the molecule is CC(CNC(=O)Nc1cccc2ccccc12)C(=O)O. The number of benzene rings is 2. The van der Waals surface area contributed by atoms with Gasteiger partial charge in [-0.2, -0.15) is 0 Å². The standard InChI is InChI=1S/C15H16N2O3/c1-10(14(18)19)9-16-15(20)17-13-8-4-6-11-5-2-3-7-12(11)13/h2-8,10H,9H2,1H3,(H,18,19)(H2,16,17,20). The molecule has 5 nitrogen and oxygen atoms in total. The first-order chi connectivity index (χ1) is 9.58. The molecule has 0 aliphatic carbocycles. The van der Waals surface area contributed by atoms with Crippen molar-refractivity contribution in [1.29, 1.82) is 0 Å². The van der Waals surface area contributed by atoms with E-state index in [2.05, 4.69) is 10.6 Å². The van der Waals surface area contributed by atoms with Crippen molar-refractivity contribution in [2.24, 2.45) is 5.92 Å². The van der Waals surface area contributed by atoms with E-state index >= 15 is 0 Å². The molecule has 104 valence electrons. The summed E-state index contributed by atoms with van der Waals surface area (Å²) in [5.41, 5.74) is 0.698. The Balaban J connectivity index is 2.05. The van der Waals surface area contributed by atoms with Crippen LogP contribution in [0.2, 0.25) is 0 Å². The van der Waals surface area contributed by atoms with E-state index in [1.54, 1.807) is 6.92 Å². The van der Waals surface area contributed by atoms with Crippen LogP contribution in [0.3, 0.4) is 0 Å². The topological polar surface area (TPSA) is 78.4 Å². The van der Waals surface area contributed by atoms with Crippen molar-refractivity contribution in [3.8, 4) is 0 Å². The van der Waals surface area contributed by atoms with Gasteiger partial charge in [0.05, 0.1) is 11.6 Å². The van der Waals surface area contributed by atoms with Crippen LogP contribution >= 0.6 is 0 Å². The van der Waals surface area contributed by atoms with Gasteiger partial charge in [-0.3, -0.25) is 4.79 Å². The minimum absolute atomic E-state index is 0.0892. The summed E-state index contributed by atoms with van der Waals surface area (Å²) in [6.07, 6.45) is 0. The molecule has 0 radical (unpaired) electrons. The fraction of sp³-hybridized carbons (Fsp3) is 0.200. The van der Waals surface area contributed by atoms with Gasteiger partial charge >= 0.3 is 12.0 Å². The molecule has 2 aromatic carbocycles. The van der Waals surface area contributed by atoms with E-state index in [0.717, 1.165) is 10.8 Å². The predicted octanol–water partition coefficient (Wildman–Crippen LogP) is 2.68. The van der Waals surface area contributed by atoms with E-state index in [9.17, 15) is 9.59 Å². The third-order valence-corrected chi connectivity index (χ3v) is 3.03. The number of urea groups is 1. The molecule has 5 heteroatoms. The van der Waals surface area contributed by atoms with Gasteiger partial charge in [0.2, 0.25) is 0 Å². The van der Waals surface area contributed by atoms with Crippen molar-refractivity contribution < 1.29 is 14.7 Å². The van der Waals surface area contributed by atoms with Gasteiger partial charge in [0, 0.05) is 11.9 Å². The molecule has 3 N–H and O–H groups in total. The molecule has 2 rings (SSSR count). The van der Waals surface area contributed by atoms with Crippen LogP contribution in [0.5, 0.6) is 0 Å². The molecule has 2 aromatic rings. The molecule has 1 unspecified atom stereocenters. The largest absolute Gasteiger partial charge is 0.481 e. The van der Waals surface area contributed by atoms with Gasteiger partial charge in [-0.05, 0) is 11.5 Å². The lowest BCUT2D eigenvalue weighted by Crippen LogP contribution is -2.34. The van der Waals surface area contributed by atoms with Crippen LogP contribution in [0.25, 0.3) is 10.8 Å². The van der Waals surface area contributed by atoms with E-state index in [1.807, 2.05) is 42.5 Å². The van der Waals surface area contributed by atoms with E-state index in [-0.39, 0.29) is 6.54 Å². The maximum atomic E-state index is 11.8. The number of carbonyl (C=O) groups is 2. The summed E-state index contributed by atoms with van der Waals surface area (Å²) in [5, 5.41) is 16.0.